The molecule has 0 spiro atoms. The van der Waals surface area contributed by atoms with E-state index in [0.717, 1.165) is 0 Å². The minimum absolute atomic E-state index is 0.214. The molecule has 1 aliphatic carbocycles. The van der Waals surface area contributed by atoms with E-state index >= 15 is 0 Å². The quantitative estimate of drug-likeness (QED) is 0.0700. The standard InChI is InChI=1S/C25H42O17P2/c1-4-7-10-17(30)38-23-21(41-43(34,35)13-15(26)27)20(33)22(42-44(36,37)14-16(28)29)24(39-18(31)11-8-5-2)25(23)40-19(32)12-9-6-3/h20-25,33H,4-14H2,1-3H3,(H,26,27)(H,28,29)(H,34,35)(H,36,37)/t20-,21-,22-,23+,24-,25-/m1/s1. The number of aliphatic hydroxyl groups excluding tert-OH is 1. The predicted octanol–water partition coefficient (Wildman–Crippen LogP) is 1.98. The van der Waals surface area contributed by atoms with E-state index in [4.69, 9.17) is 33.5 Å². The van der Waals surface area contributed by atoms with Gasteiger partial charge in [-0.3, -0.25) is 42.2 Å². The van der Waals surface area contributed by atoms with E-state index in [1.807, 2.05) is 0 Å². The first-order valence-corrected chi connectivity index (χ1v) is 17.7. The first-order valence-electron chi connectivity index (χ1n) is 14.2. The van der Waals surface area contributed by atoms with Crippen LogP contribution in [-0.2, 0) is 56.4 Å². The molecule has 1 saturated carbocycles. The van der Waals surface area contributed by atoms with Gasteiger partial charge in [0.25, 0.3) is 0 Å². The Labute approximate surface area is 254 Å². The van der Waals surface area contributed by atoms with Gasteiger partial charge in [-0.1, -0.05) is 40.0 Å². The zero-order valence-electron chi connectivity index (χ0n) is 24.8. The van der Waals surface area contributed by atoms with Crippen LogP contribution < -0.4 is 0 Å². The van der Waals surface area contributed by atoms with Gasteiger partial charge in [-0.25, -0.2) is 0 Å². The molecule has 254 valence electrons. The van der Waals surface area contributed by atoms with Gasteiger partial charge in [0, 0.05) is 19.3 Å². The van der Waals surface area contributed by atoms with Crippen molar-refractivity contribution in [3.8, 4) is 0 Å². The zero-order valence-corrected chi connectivity index (χ0v) is 26.6. The molecule has 17 nitrogen and oxygen atoms in total. The van der Waals surface area contributed by atoms with Crippen LogP contribution in [0.2, 0.25) is 0 Å². The first kappa shape index (κ1) is 39.6. The van der Waals surface area contributed by atoms with Crippen LogP contribution in [0.15, 0.2) is 0 Å². The maximum absolute atomic E-state index is 12.8. The predicted molar refractivity (Wildman–Crippen MR) is 149 cm³/mol. The summed E-state index contributed by atoms with van der Waals surface area (Å²) in [5.41, 5.74) is 0. The Morgan fingerprint density at radius 2 is 0.841 bits per heavy atom. The summed E-state index contributed by atoms with van der Waals surface area (Å²) in [5.74, 6) is -6.47. The van der Waals surface area contributed by atoms with E-state index in [9.17, 15) is 48.0 Å². The summed E-state index contributed by atoms with van der Waals surface area (Å²) in [6.45, 7) is 5.28. The Hall–Kier alpha value is -2.39. The molecule has 19 heteroatoms. The number of carboxylic acids is 2. The van der Waals surface area contributed by atoms with E-state index in [0.29, 0.717) is 38.5 Å². The third kappa shape index (κ3) is 13.7. The SMILES string of the molecule is CCCCC(=O)O[C@@H]1[C@@H](OC(=O)CCCC)[C@H](OP(=O)(O)CC(=O)O)[C@@H](O)[C@@H](OP(=O)(O)CC(=O)O)[C@H]1OC(=O)CCCC. The number of hydrogen-bond acceptors (Lipinski definition) is 13. The average Bonchev–Trinajstić information content (AvgIpc) is 2.89. The molecule has 0 bridgehead atoms. The highest BCUT2D eigenvalue weighted by atomic mass is 31.2. The maximum atomic E-state index is 12.8. The molecule has 0 heterocycles. The number of rotatable bonds is 20. The van der Waals surface area contributed by atoms with Gasteiger partial charge in [0.05, 0.1) is 0 Å². The Morgan fingerprint density at radius 1 is 0.568 bits per heavy atom. The van der Waals surface area contributed by atoms with Crippen molar-refractivity contribution in [3.05, 3.63) is 0 Å². The van der Waals surface area contributed by atoms with Crippen LogP contribution in [-0.4, -0.2) is 104 Å². The van der Waals surface area contributed by atoms with Crippen LogP contribution >= 0.6 is 15.2 Å². The van der Waals surface area contributed by atoms with Crippen molar-refractivity contribution < 1.29 is 81.5 Å². The molecule has 1 aliphatic rings. The van der Waals surface area contributed by atoms with Crippen LogP contribution in [0.1, 0.15) is 78.6 Å². The normalized spacial score (nSPS) is 26.0. The summed E-state index contributed by atoms with van der Waals surface area (Å²) in [7, 11) is -10.4. The summed E-state index contributed by atoms with van der Waals surface area (Å²) < 4.78 is 51.9. The fourth-order valence-electron chi connectivity index (χ4n) is 4.18. The highest BCUT2D eigenvalue weighted by Crippen LogP contribution is 2.50. The van der Waals surface area contributed by atoms with Crippen LogP contribution in [0.5, 0.6) is 0 Å². The van der Waals surface area contributed by atoms with E-state index in [-0.39, 0.29) is 19.3 Å². The molecule has 1 rings (SSSR count). The van der Waals surface area contributed by atoms with Crippen LogP contribution in [0.3, 0.4) is 0 Å². The van der Waals surface area contributed by atoms with Crippen molar-refractivity contribution >= 4 is 45.0 Å². The van der Waals surface area contributed by atoms with Gasteiger partial charge in [-0.2, -0.15) is 0 Å². The molecule has 0 amide bonds. The molecular weight excluding hydrogens is 634 g/mol. The van der Waals surface area contributed by atoms with Crippen molar-refractivity contribution in [2.45, 2.75) is 115 Å². The lowest BCUT2D eigenvalue weighted by Crippen LogP contribution is -2.67. The molecule has 5 N–H and O–H groups in total. The van der Waals surface area contributed by atoms with Crippen LogP contribution in [0.4, 0.5) is 0 Å². The summed E-state index contributed by atoms with van der Waals surface area (Å²) in [6, 6.07) is 0. The monoisotopic (exact) mass is 676 g/mol. The molecule has 2 unspecified atom stereocenters. The number of esters is 3. The molecule has 0 aromatic rings. The Kier molecular flexibility index (Phi) is 16.7. The van der Waals surface area contributed by atoms with Gasteiger partial charge in [-0.15, -0.1) is 0 Å². The van der Waals surface area contributed by atoms with Gasteiger partial charge >= 0.3 is 45.0 Å². The number of ether oxygens (including phenoxy) is 3. The topological polar surface area (TPSA) is 267 Å². The summed E-state index contributed by atoms with van der Waals surface area (Å²) in [5, 5.41) is 29.4. The zero-order chi connectivity index (χ0) is 33.7. The van der Waals surface area contributed by atoms with Crippen LogP contribution in [0, 0.1) is 0 Å². The second-order valence-corrected chi connectivity index (χ2v) is 13.8. The van der Waals surface area contributed by atoms with Gasteiger partial charge in [0.1, 0.15) is 30.6 Å². The van der Waals surface area contributed by atoms with Crippen molar-refractivity contribution in [2.75, 3.05) is 12.3 Å². The minimum atomic E-state index is -5.18. The lowest BCUT2D eigenvalue weighted by Gasteiger charge is -2.47. The number of carbonyl (C=O) groups excluding carboxylic acids is 3. The largest absolute Gasteiger partial charge is 0.481 e. The number of hydrogen-bond donors (Lipinski definition) is 5. The molecule has 0 radical (unpaired) electrons. The summed E-state index contributed by atoms with van der Waals surface area (Å²) in [4.78, 5) is 81.3. The van der Waals surface area contributed by atoms with E-state index < -0.39 is 94.0 Å². The van der Waals surface area contributed by atoms with Gasteiger partial charge < -0.3 is 39.3 Å². The highest BCUT2D eigenvalue weighted by Gasteiger charge is 2.60. The first-order chi connectivity index (χ1) is 20.5. The lowest BCUT2D eigenvalue weighted by atomic mass is 9.84. The molecule has 0 saturated heterocycles. The number of aliphatic carboxylic acids is 2. The Morgan fingerprint density at radius 3 is 1.09 bits per heavy atom. The number of carboxylic acid groups (broad SMARTS) is 2. The maximum Gasteiger partial charge on any atom is 0.339 e. The van der Waals surface area contributed by atoms with Crippen molar-refractivity contribution in [1.82, 2.24) is 0 Å². The average molecular weight is 677 g/mol. The molecule has 44 heavy (non-hydrogen) atoms. The number of unbranched alkanes of at least 4 members (excludes halogenated alkanes) is 3. The molecular formula is C25H42O17P2. The van der Waals surface area contributed by atoms with Crippen molar-refractivity contribution in [3.63, 3.8) is 0 Å². The third-order valence-electron chi connectivity index (χ3n) is 6.22. The lowest BCUT2D eigenvalue weighted by molar-refractivity contribution is -0.241. The Bertz CT molecular complexity index is 1020. The summed E-state index contributed by atoms with van der Waals surface area (Å²) >= 11 is 0. The molecule has 8 atom stereocenters. The second kappa shape index (κ2) is 18.5. The fraction of sp³-hybridized carbons (Fsp3) is 0.800. The molecule has 0 aromatic heterocycles. The van der Waals surface area contributed by atoms with Gasteiger partial charge in [-0.05, 0) is 19.3 Å². The van der Waals surface area contributed by atoms with E-state index in [2.05, 4.69) is 0 Å². The molecule has 0 aromatic carbocycles. The second-order valence-electron chi connectivity index (χ2n) is 10.2. The minimum Gasteiger partial charge on any atom is -0.481 e. The van der Waals surface area contributed by atoms with Gasteiger partial charge in [0.15, 0.2) is 18.3 Å². The summed E-state index contributed by atoms with van der Waals surface area (Å²) in [6.07, 6.45) is -14.1. The number of aliphatic hydroxyl groups is 1. The van der Waals surface area contributed by atoms with E-state index in [1.165, 1.54) is 0 Å². The van der Waals surface area contributed by atoms with Gasteiger partial charge in [0.2, 0.25) is 0 Å². The fourth-order valence-corrected chi connectivity index (χ4v) is 6.26. The van der Waals surface area contributed by atoms with Crippen molar-refractivity contribution in [1.29, 1.82) is 0 Å². The van der Waals surface area contributed by atoms with Crippen LogP contribution in [0.25, 0.3) is 0 Å². The Balaban J connectivity index is 3.84. The van der Waals surface area contributed by atoms with E-state index in [1.54, 1.807) is 20.8 Å². The highest BCUT2D eigenvalue weighted by molar-refractivity contribution is 7.54. The van der Waals surface area contributed by atoms with Crippen molar-refractivity contribution in [2.24, 2.45) is 0 Å². The molecule has 1 fully saturated rings. The number of carbonyl (C=O) groups is 5. The third-order valence-corrected chi connectivity index (χ3v) is 8.70. The smallest absolute Gasteiger partial charge is 0.339 e. The molecule has 0 aliphatic heterocycles.